The molecule has 0 aromatic carbocycles. The SMILES string of the molecule is CCC1CN(C2CNC2)CCS1. The smallest absolute Gasteiger partial charge is 0.0346 e. The normalized spacial score (nSPS) is 33.2. The van der Waals surface area contributed by atoms with E-state index in [1.807, 2.05) is 0 Å². The Kier molecular flexibility index (Phi) is 2.94. The van der Waals surface area contributed by atoms with Gasteiger partial charge in [-0.2, -0.15) is 11.8 Å². The average Bonchev–Trinajstić information content (AvgIpc) is 2.02. The van der Waals surface area contributed by atoms with Crippen LogP contribution in [0.25, 0.3) is 0 Å². The van der Waals surface area contributed by atoms with Crippen molar-refractivity contribution in [1.29, 1.82) is 0 Å². The lowest BCUT2D eigenvalue weighted by atomic mass is 10.1. The molecule has 2 nitrogen and oxygen atoms in total. The predicted molar refractivity (Wildman–Crippen MR) is 54.8 cm³/mol. The summed E-state index contributed by atoms with van der Waals surface area (Å²) in [5, 5.41) is 4.25. The van der Waals surface area contributed by atoms with Crippen molar-refractivity contribution in [2.45, 2.75) is 24.6 Å². The second-order valence-corrected chi connectivity index (χ2v) is 5.12. The minimum absolute atomic E-state index is 0.861. The lowest BCUT2D eigenvalue weighted by molar-refractivity contribution is 0.150. The van der Waals surface area contributed by atoms with Crippen LogP contribution in [-0.2, 0) is 0 Å². The molecule has 70 valence electrons. The largest absolute Gasteiger partial charge is 0.314 e. The van der Waals surface area contributed by atoms with E-state index < -0.39 is 0 Å². The molecule has 1 atom stereocenters. The van der Waals surface area contributed by atoms with Gasteiger partial charge in [-0.3, -0.25) is 4.90 Å². The summed E-state index contributed by atoms with van der Waals surface area (Å²) in [6, 6.07) is 0.861. The first kappa shape index (κ1) is 8.85. The van der Waals surface area contributed by atoms with Crippen LogP contribution in [0.15, 0.2) is 0 Å². The van der Waals surface area contributed by atoms with Gasteiger partial charge in [0.05, 0.1) is 0 Å². The summed E-state index contributed by atoms with van der Waals surface area (Å²) in [4.78, 5) is 2.67. The summed E-state index contributed by atoms with van der Waals surface area (Å²) in [6.07, 6.45) is 1.33. The molecule has 0 aliphatic carbocycles. The second kappa shape index (κ2) is 3.99. The Bertz CT molecular complexity index is 147. The summed E-state index contributed by atoms with van der Waals surface area (Å²) in [5.74, 6) is 1.34. The maximum atomic E-state index is 3.34. The summed E-state index contributed by atoms with van der Waals surface area (Å²) in [5.41, 5.74) is 0. The van der Waals surface area contributed by atoms with Gasteiger partial charge in [0.25, 0.3) is 0 Å². The third-order valence-electron chi connectivity index (χ3n) is 2.90. The van der Waals surface area contributed by atoms with Crippen LogP contribution in [0.3, 0.4) is 0 Å². The number of nitrogens with zero attached hydrogens (tertiary/aromatic N) is 1. The third kappa shape index (κ3) is 1.78. The minimum atomic E-state index is 0.861. The number of thioether (sulfide) groups is 1. The van der Waals surface area contributed by atoms with Crippen LogP contribution in [0.5, 0.6) is 0 Å². The van der Waals surface area contributed by atoms with Gasteiger partial charge < -0.3 is 5.32 Å². The summed E-state index contributed by atoms with van der Waals surface area (Å²) in [6.45, 7) is 7.39. The predicted octanol–water partition coefficient (Wildman–Crippen LogP) is 0.786. The lowest BCUT2D eigenvalue weighted by Crippen LogP contribution is -2.59. The van der Waals surface area contributed by atoms with Crippen molar-refractivity contribution in [1.82, 2.24) is 10.2 Å². The van der Waals surface area contributed by atoms with Gasteiger partial charge in [-0.1, -0.05) is 6.92 Å². The van der Waals surface area contributed by atoms with Crippen molar-refractivity contribution in [2.24, 2.45) is 0 Å². The highest BCUT2D eigenvalue weighted by atomic mass is 32.2. The Hall–Kier alpha value is 0.270. The van der Waals surface area contributed by atoms with E-state index in [0.29, 0.717) is 0 Å². The number of hydrogen-bond donors (Lipinski definition) is 1. The molecule has 2 aliphatic rings. The van der Waals surface area contributed by atoms with Crippen molar-refractivity contribution in [3.05, 3.63) is 0 Å². The van der Waals surface area contributed by atoms with Crippen LogP contribution >= 0.6 is 11.8 Å². The first-order chi connectivity index (χ1) is 5.90. The highest BCUT2D eigenvalue weighted by Crippen LogP contribution is 2.23. The topological polar surface area (TPSA) is 15.3 Å². The molecule has 2 saturated heterocycles. The second-order valence-electron chi connectivity index (χ2n) is 3.71. The molecule has 0 bridgehead atoms. The van der Waals surface area contributed by atoms with E-state index >= 15 is 0 Å². The number of nitrogens with one attached hydrogen (secondary N) is 1. The van der Waals surface area contributed by atoms with Crippen LogP contribution in [0.2, 0.25) is 0 Å². The fourth-order valence-electron chi connectivity index (χ4n) is 1.85. The highest BCUT2D eigenvalue weighted by molar-refractivity contribution is 8.00. The molecule has 0 aromatic heterocycles. The molecule has 1 unspecified atom stereocenters. The van der Waals surface area contributed by atoms with E-state index in [2.05, 4.69) is 28.9 Å². The van der Waals surface area contributed by atoms with Crippen LogP contribution in [0, 0.1) is 0 Å². The zero-order chi connectivity index (χ0) is 8.39. The molecule has 0 aromatic rings. The molecule has 2 fully saturated rings. The van der Waals surface area contributed by atoms with Gasteiger partial charge in [0.1, 0.15) is 0 Å². The van der Waals surface area contributed by atoms with Crippen molar-refractivity contribution < 1.29 is 0 Å². The number of rotatable bonds is 2. The van der Waals surface area contributed by atoms with Crippen LogP contribution in [0.4, 0.5) is 0 Å². The fraction of sp³-hybridized carbons (Fsp3) is 1.00. The van der Waals surface area contributed by atoms with Crippen molar-refractivity contribution >= 4 is 11.8 Å². The van der Waals surface area contributed by atoms with Gasteiger partial charge in [-0.15, -0.1) is 0 Å². The zero-order valence-corrected chi connectivity index (χ0v) is 8.57. The molecule has 2 aliphatic heterocycles. The standard InChI is InChI=1S/C9H18N2S/c1-2-9-7-11(3-4-12-9)8-5-10-6-8/h8-10H,2-7H2,1H3. The Morgan fingerprint density at radius 3 is 2.92 bits per heavy atom. The molecular formula is C9H18N2S. The molecule has 0 amide bonds. The Morgan fingerprint density at radius 1 is 1.50 bits per heavy atom. The molecule has 0 spiro atoms. The first-order valence-corrected chi connectivity index (χ1v) is 6.01. The van der Waals surface area contributed by atoms with E-state index in [9.17, 15) is 0 Å². The first-order valence-electron chi connectivity index (χ1n) is 4.96. The maximum absolute atomic E-state index is 3.34. The Morgan fingerprint density at radius 2 is 2.33 bits per heavy atom. The molecule has 0 saturated carbocycles. The molecule has 12 heavy (non-hydrogen) atoms. The maximum Gasteiger partial charge on any atom is 0.0346 e. The third-order valence-corrected chi connectivity index (χ3v) is 4.27. The molecule has 2 heterocycles. The van der Waals surface area contributed by atoms with Crippen LogP contribution in [0.1, 0.15) is 13.3 Å². The fourth-order valence-corrected chi connectivity index (χ4v) is 3.06. The van der Waals surface area contributed by atoms with E-state index in [-0.39, 0.29) is 0 Å². The highest BCUT2D eigenvalue weighted by Gasteiger charge is 2.28. The summed E-state index contributed by atoms with van der Waals surface area (Å²) >= 11 is 2.16. The molecular weight excluding hydrogens is 168 g/mol. The number of hydrogen-bond acceptors (Lipinski definition) is 3. The zero-order valence-electron chi connectivity index (χ0n) is 7.75. The van der Waals surface area contributed by atoms with Gasteiger partial charge in [-0.25, -0.2) is 0 Å². The summed E-state index contributed by atoms with van der Waals surface area (Å²) in [7, 11) is 0. The quantitative estimate of drug-likeness (QED) is 0.686. The summed E-state index contributed by atoms with van der Waals surface area (Å²) < 4.78 is 0. The Labute approximate surface area is 79.1 Å². The van der Waals surface area contributed by atoms with Gasteiger partial charge in [0, 0.05) is 43.2 Å². The minimum Gasteiger partial charge on any atom is -0.314 e. The molecule has 1 N–H and O–H groups in total. The van der Waals surface area contributed by atoms with E-state index in [4.69, 9.17) is 0 Å². The molecule has 0 radical (unpaired) electrons. The average molecular weight is 186 g/mol. The molecule has 3 heteroatoms. The van der Waals surface area contributed by atoms with Gasteiger partial charge in [-0.05, 0) is 6.42 Å². The lowest BCUT2D eigenvalue weighted by Gasteiger charge is -2.42. The van der Waals surface area contributed by atoms with Gasteiger partial charge in [0.2, 0.25) is 0 Å². The van der Waals surface area contributed by atoms with Crippen molar-refractivity contribution in [3.63, 3.8) is 0 Å². The van der Waals surface area contributed by atoms with Crippen LogP contribution < -0.4 is 5.32 Å². The van der Waals surface area contributed by atoms with Crippen molar-refractivity contribution in [2.75, 3.05) is 31.9 Å². The van der Waals surface area contributed by atoms with Gasteiger partial charge >= 0.3 is 0 Å². The van der Waals surface area contributed by atoms with Gasteiger partial charge in [0.15, 0.2) is 0 Å². The van der Waals surface area contributed by atoms with Crippen LogP contribution in [-0.4, -0.2) is 48.1 Å². The van der Waals surface area contributed by atoms with E-state index in [1.165, 1.54) is 38.4 Å². The van der Waals surface area contributed by atoms with E-state index in [1.54, 1.807) is 0 Å². The van der Waals surface area contributed by atoms with E-state index in [0.717, 1.165) is 11.3 Å². The molecule has 2 rings (SSSR count). The Balaban J connectivity index is 1.81. The van der Waals surface area contributed by atoms with Crippen molar-refractivity contribution in [3.8, 4) is 0 Å². The monoisotopic (exact) mass is 186 g/mol.